The first kappa shape index (κ1) is 14.5. The summed E-state index contributed by atoms with van der Waals surface area (Å²) >= 11 is 2.42. The topological polar surface area (TPSA) is 38.3 Å². The van der Waals surface area contributed by atoms with Gasteiger partial charge in [0.1, 0.15) is 5.41 Å². The molecule has 5 heteroatoms. The Hall–Kier alpha value is -1.43. The van der Waals surface area contributed by atoms with E-state index in [0.29, 0.717) is 0 Å². The summed E-state index contributed by atoms with van der Waals surface area (Å²) in [4.78, 5) is 2.06. The van der Waals surface area contributed by atoms with Crippen molar-refractivity contribution in [3.05, 3.63) is 70.2 Å². The lowest BCUT2D eigenvalue weighted by Crippen LogP contribution is -2.24. The first-order valence-corrected chi connectivity index (χ1v) is 8.66. The molecular formula is C16H15BrN2OS. The Kier molecular flexibility index (Phi) is 4.24. The minimum atomic E-state index is -1.06. The highest BCUT2D eigenvalue weighted by molar-refractivity contribution is 9.10. The Bertz CT molecular complexity index is 677. The molecule has 21 heavy (non-hydrogen) atoms. The fraction of sp³-hybridized carbons (Fsp3) is 0.125. The summed E-state index contributed by atoms with van der Waals surface area (Å²) in [5.41, 5.74) is 3.06. The van der Waals surface area contributed by atoms with Gasteiger partial charge in [-0.25, -0.2) is 0 Å². The molecular weight excluding hydrogens is 348 g/mol. The van der Waals surface area contributed by atoms with Gasteiger partial charge in [0.15, 0.2) is 0 Å². The van der Waals surface area contributed by atoms with Gasteiger partial charge in [-0.3, -0.25) is 4.90 Å². The van der Waals surface area contributed by atoms with Gasteiger partial charge in [0, 0.05) is 28.3 Å². The zero-order valence-corrected chi connectivity index (χ0v) is 13.9. The zero-order chi connectivity index (χ0) is 14.8. The van der Waals surface area contributed by atoms with Crippen LogP contribution in [0.25, 0.3) is 0 Å². The predicted molar refractivity (Wildman–Crippen MR) is 92.6 cm³/mol. The van der Waals surface area contributed by atoms with Crippen LogP contribution in [0.3, 0.4) is 0 Å². The molecule has 2 aromatic carbocycles. The second-order valence-corrected chi connectivity index (χ2v) is 6.99. The number of nitrogens with one attached hydrogen (secondary N) is 1. The molecule has 3 rings (SSSR count). The minimum Gasteiger partial charge on any atom is -0.610 e. The third-order valence-electron chi connectivity index (χ3n) is 3.41. The number of anilines is 2. The van der Waals surface area contributed by atoms with Crippen LogP contribution in [0.5, 0.6) is 0 Å². The van der Waals surface area contributed by atoms with Crippen molar-refractivity contribution in [1.29, 1.82) is 0 Å². The number of rotatable bonds is 3. The van der Waals surface area contributed by atoms with Gasteiger partial charge in [0.2, 0.25) is 5.37 Å². The number of benzene rings is 2. The van der Waals surface area contributed by atoms with E-state index < -0.39 is 11.2 Å². The average Bonchev–Trinajstić information content (AvgIpc) is 2.88. The normalized spacial score (nSPS) is 20.8. The highest BCUT2D eigenvalue weighted by Crippen LogP contribution is 2.40. The fourth-order valence-corrected chi connectivity index (χ4v) is 4.10. The van der Waals surface area contributed by atoms with E-state index in [2.05, 4.69) is 26.1 Å². The molecule has 0 aliphatic carbocycles. The third kappa shape index (κ3) is 2.81. The molecule has 0 aromatic heterocycles. The van der Waals surface area contributed by atoms with E-state index in [1.807, 2.05) is 61.8 Å². The molecule has 0 fully saturated rings. The molecule has 1 aliphatic heterocycles. The summed E-state index contributed by atoms with van der Waals surface area (Å²) in [7, 11) is 1.89. The first-order chi connectivity index (χ1) is 10.2. The van der Waals surface area contributed by atoms with Crippen molar-refractivity contribution in [2.45, 2.75) is 5.37 Å². The van der Waals surface area contributed by atoms with Crippen molar-refractivity contribution in [3.8, 4) is 0 Å². The maximum atomic E-state index is 12.4. The van der Waals surface area contributed by atoms with Gasteiger partial charge < -0.3 is 9.87 Å². The van der Waals surface area contributed by atoms with E-state index in [1.165, 1.54) is 0 Å². The summed E-state index contributed by atoms with van der Waals surface area (Å²) in [6.45, 7) is 0. The summed E-state index contributed by atoms with van der Waals surface area (Å²) in [6, 6.07) is 16.0. The van der Waals surface area contributed by atoms with Crippen LogP contribution in [0, 0.1) is 0 Å². The van der Waals surface area contributed by atoms with Crippen LogP contribution in [-0.2, 0) is 11.2 Å². The van der Waals surface area contributed by atoms with Crippen LogP contribution in [0.4, 0.5) is 11.4 Å². The van der Waals surface area contributed by atoms with Crippen LogP contribution < -0.4 is 10.2 Å². The Balaban J connectivity index is 2.03. The number of nitrogens with zero attached hydrogens (tertiary/aromatic N) is 1. The van der Waals surface area contributed by atoms with Gasteiger partial charge in [0.05, 0.1) is 17.6 Å². The highest BCUT2D eigenvalue weighted by Gasteiger charge is 2.35. The molecule has 0 saturated carbocycles. The zero-order valence-electron chi connectivity index (χ0n) is 11.5. The summed E-state index contributed by atoms with van der Waals surface area (Å²) < 4.78 is 13.4. The van der Waals surface area contributed by atoms with Crippen LogP contribution in [0.2, 0.25) is 0 Å². The van der Waals surface area contributed by atoms with Crippen molar-refractivity contribution < 1.29 is 4.55 Å². The smallest absolute Gasteiger partial charge is 0.223 e. The number of halogens is 1. The molecule has 0 bridgehead atoms. The predicted octanol–water partition coefficient (Wildman–Crippen LogP) is 4.23. The second kappa shape index (κ2) is 6.13. The molecule has 2 unspecified atom stereocenters. The molecule has 1 N–H and O–H groups in total. The van der Waals surface area contributed by atoms with Gasteiger partial charge in [0.25, 0.3) is 0 Å². The van der Waals surface area contributed by atoms with Gasteiger partial charge in [-0.15, -0.1) is 0 Å². The standard InChI is InChI=1S/C16H15BrN2OS/c1-18-14-7-2-3-8-15(14)19-9-10-21(20)16(19)12-5-4-6-13(17)11-12/h2-11,16,18H,1H3. The van der Waals surface area contributed by atoms with E-state index in [0.717, 1.165) is 21.4 Å². The summed E-state index contributed by atoms with van der Waals surface area (Å²) in [6.07, 6.45) is 1.90. The lowest BCUT2D eigenvalue weighted by atomic mass is 10.2. The maximum Gasteiger partial charge on any atom is 0.223 e. The molecule has 2 aromatic rings. The monoisotopic (exact) mass is 362 g/mol. The van der Waals surface area contributed by atoms with E-state index in [-0.39, 0.29) is 5.37 Å². The molecule has 2 atom stereocenters. The van der Waals surface area contributed by atoms with Gasteiger partial charge in [-0.1, -0.05) is 40.2 Å². The van der Waals surface area contributed by atoms with Crippen molar-refractivity contribution in [3.63, 3.8) is 0 Å². The van der Waals surface area contributed by atoms with Crippen molar-refractivity contribution >= 4 is 38.5 Å². The van der Waals surface area contributed by atoms with Gasteiger partial charge in [-0.05, 0) is 24.3 Å². The lowest BCUT2D eigenvalue weighted by Gasteiger charge is -2.26. The van der Waals surface area contributed by atoms with Crippen molar-refractivity contribution in [2.75, 3.05) is 17.3 Å². The SMILES string of the molecule is CNc1ccccc1N1C=C[S+]([O-])C1c1cccc(Br)c1. The quantitative estimate of drug-likeness (QED) is 0.830. The van der Waals surface area contributed by atoms with Crippen LogP contribution in [0.1, 0.15) is 10.9 Å². The van der Waals surface area contributed by atoms with Crippen molar-refractivity contribution in [1.82, 2.24) is 0 Å². The molecule has 0 spiro atoms. The number of para-hydroxylation sites is 2. The molecule has 0 amide bonds. The molecule has 0 saturated heterocycles. The first-order valence-electron chi connectivity index (χ1n) is 6.59. The van der Waals surface area contributed by atoms with E-state index in [9.17, 15) is 4.55 Å². The largest absolute Gasteiger partial charge is 0.610 e. The molecule has 1 heterocycles. The average molecular weight is 363 g/mol. The number of hydrogen-bond acceptors (Lipinski definition) is 3. The fourth-order valence-electron chi connectivity index (χ4n) is 2.46. The highest BCUT2D eigenvalue weighted by atomic mass is 79.9. The summed E-state index contributed by atoms with van der Waals surface area (Å²) in [5, 5.41) is 4.74. The molecule has 108 valence electrons. The number of hydrogen-bond donors (Lipinski definition) is 1. The Labute approximate surface area is 136 Å². The minimum absolute atomic E-state index is 0.197. The van der Waals surface area contributed by atoms with Crippen molar-refractivity contribution in [2.24, 2.45) is 0 Å². The molecule has 3 nitrogen and oxygen atoms in total. The van der Waals surface area contributed by atoms with Crippen LogP contribution in [0.15, 0.2) is 64.6 Å². The summed E-state index contributed by atoms with van der Waals surface area (Å²) in [5.74, 6) is 0. The Morgan fingerprint density at radius 2 is 2.00 bits per heavy atom. The van der Waals surface area contributed by atoms with Gasteiger partial charge >= 0.3 is 0 Å². The van der Waals surface area contributed by atoms with Gasteiger partial charge in [-0.2, -0.15) is 0 Å². The van der Waals surface area contributed by atoms with E-state index in [1.54, 1.807) is 5.41 Å². The molecule has 0 radical (unpaired) electrons. The second-order valence-electron chi connectivity index (χ2n) is 4.70. The molecule has 1 aliphatic rings. The maximum absolute atomic E-state index is 12.4. The Morgan fingerprint density at radius 1 is 1.19 bits per heavy atom. The van der Waals surface area contributed by atoms with E-state index >= 15 is 0 Å². The Morgan fingerprint density at radius 3 is 2.76 bits per heavy atom. The lowest BCUT2D eigenvalue weighted by molar-refractivity contribution is 0.594. The van der Waals surface area contributed by atoms with E-state index in [4.69, 9.17) is 0 Å². The van der Waals surface area contributed by atoms with Crippen LogP contribution in [-0.4, -0.2) is 11.6 Å². The van der Waals surface area contributed by atoms with Crippen LogP contribution >= 0.6 is 15.9 Å². The third-order valence-corrected chi connectivity index (χ3v) is 5.24.